The highest BCUT2D eigenvalue weighted by Crippen LogP contribution is 2.69. The number of carbonyl (C=O) groups is 1. The van der Waals surface area contributed by atoms with Gasteiger partial charge in [-0.15, -0.1) is 0 Å². The first-order valence-corrected chi connectivity index (χ1v) is 6.86. The maximum Gasteiger partial charge on any atom is 0.384 e. The number of carbonyl (C=O) groups excluding carboxylic acids is 1. The van der Waals surface area contributed by atoms with Crippen molar-refractivity contribution in [2.75, 3.05) is 5.32 Å². The lowest BCUT2D eigenvalue weighted by atomic mass is 9.71. The maximum atomic E-state index is 14.5. The molecule has 2 nitrogen and oxygen atoms in total. The van der Waals surface area contributed by atoms with E-state index >= 15 is 0 Å². The maximum absolute atomic E-state index is 14.5. The van der Waals surface area contributed by atoms with Crippen molar-refractivity contribution >= 4 is 11.6 Å². The fraction of sp³-hybridized carbons (Fsp3) is 0.500. The zero-order valence-corrected chi connectivity index (χ0v) is 12.9. The van der Waals surface area contributed by atoms with E-state index < -0.39 is 46.9 Å². The van der Waals surface area contributed by atoms with Gasteiger partial charge in [0.15, 0.2) is 0 Å². The summed E-state index contributed by atoms with van der Waals surface area (Å²) in [6, 6.07) is 4.31. The molecule has 1 aliphatic carbocycles. The number of anilines is 1. The van der Waals surface area contributed by atoms with Crippen LogP contribution in [0.3, 0.4) is 0 Å². The van der Waals surface area contributed by atoms with Crippen LogP contribution in [0, 0.1) is 6.92 Å². The van der Waals surface area contributed by atoms with E-state index in [0.717, 1.165) is 30.4 Å². The summed E-state index contributed by atoms with van der Waals surface area (Å²) in [6.45, 7) is 1.13. The molecule has 0 saturated heterocycles. The van der Waals surface area contributed by atoms with Crippen LogP contribution in [0.1, 0.15) is 5.56 Å². The van der Waals surface area contributed by atoms with Crippen LogP contribution >= 0.6 is 0 Å². The van der Waals surface area contributed by atoms with Crippen molar-refractivity contribution in [1.29, 1.82) is 0 Å². The minimum atomic E-state index is -7.36. The Morgan fingerprint density at radius 3 is 1.48 bits per heavy atom. The molecule has 152 valence electrons. The Bertz CT molecular complexity index is 744. The number of halogens is 11. The summed E-state index contributed by atoms with van der Waals surface area (Å²) < 4.78 is 149. The first-order valence-electron chi connectivity index (χ1n) is 6.86. The minimum absolute atomic E-state index is 0.0826. The van der Waals surface area contributed by atoms with Crippen molar-refractivity contribution in [3.63, 3.8) is 0 Å². The van der Waals surface area contributed by atoms with E-state index in [9.17, 15) is 53.1 Å². The first-order chi connectivity index (χ1) is 11.9. The minimum Gasteiger partial charge on any atom is -0.323 e. The predicted molar refractivity (Wildman–Crippen MR) is 68.4 cm³/mol. The Hall–Kier alpha value is -2.08. The molecule has 13 heteroatoms. The molecular weight excluding hydrogens is 407 g/mol. The number of alkyl halides is 11. The smallest absolute Gasteiger partial charge is 0.323 e. The highest BCUT2D eigenvalue weighted by molar-refractivity contribution is 6.00. The fourth-order valence-electron chi connectivity index (χ4n) is 2.43. The van der Waals surface area contributed by atoms with Gasteiger partial charge in [-0.1, -0.05) is 18.2 Å². The number of hydrogen-bond acceptors (Lipinski definition) is 1. The Labute approximate surface area is 143 Å². The lowest BCUT2D eigenvalue weighted by molar-refractivity contribution is -0.475. The summed E-state index contributed by atoms with van der Waals surface area (Å²) >= 11 is 0. The molecule has 0 bridgehead atoms. The van der Waals surface area contributed by atoms with Crippen LogP contribution in [0.2, 0.25) is 0 Å². The van der Waals surface area contributed by atoms with Crippen LogP contribution in [0.4, 0.5) is 54.0 Å². The van der Waals surface area contributed by atoms with E-state index in [1.807, 2.05) is 0 Å². The molecule has 27 heavy (non-hydrogen) atoms. The Morgan fingerprint density at radius 2 is 1.07 bits per heavy atom. The number of para-hydroxylation sites is 1. The van der Waals surface area contributed by atoms with Crippen molar-refractivity contribution in [1.82, 2.24) is 0 Å². The van der Waals surface area contributed by atoms with Gasteiger partial charge in [-0.25, -0.2) is 4.39 Å². The molecule has 0 aliphatic heterocycles. The van der Waals surface area contributed by atoms with E-state index in [1.165, 1.54) is 6.07 Å². The molecule has 1 aliphatic rings. The van der Waals surface area contributed by atoms with Crippen molar-refractivity contribution in [3.05, 3.63) is 29.8 Å². The van der Waals surface area contributed by atoms with E-state index in [0.29, 0.717) is 0 Å². The second-order valence-corrected chi connectivity index (χ2v) is 5.80. The van der Waals surface area contributed by atoms with Crippen LogP contribution in [-0.4, -0.2) is 41.2 Å². The molecule has 0 unspecified atom stereocenters. The Kier molecular flexibility index (Phi) is 4.30. The quantitative estimate of drug-likeness (QED) is 0.689. The Balaban J connectivity index is 2.71. The third-order valence-corrected chi connectivity index (χ3v) is 4.15. The zero-order chi connectivity index (χ0) is 21.3. The van der Waals surface area contributed by atoms with Crippen LogP contribution in [0.25, 0.3) is 0 Å². The molecule has 1 amide bonds. The third kappa shape index (κ3) is 2.16. The van der Waals surface area contributed by atoms with Gasteiger partial charge in [-0.2, -0.15) is 43.9 Å². The summed E-state index contributed by atoms with van der Waals surface area (Å²) in [6.07, 6.45) is 0. The summed E-state index contributed by atoms with van der Waals surface area (Å²) in [4.78, 5) is 11.7. The monoisotopic (exact) mass is 415 g/mol. The van der Waals surface area contributed by atoms with Crippen LogP contribution in [-0.2, 0) is 4.79 Å². The molecule has 1 N–H and O–H groups in total. The van der Waals surface area contributed by atoms with Crippen LogP contribution in [0.15, 0.2) is 24.3 Å². The van der Waals surface area contributed by atoms with Gasteiger partial charge in [0, 0.05) is 5.69 Å². The van der Waals surface area contributed by atoms with E-state index in [4.69, 9.17) is 0 Å². The van der Waals surface area contributed by atoms with Gasteiger partial charge in [0.05, 0.1) is 0 Å². The van der Waals surface area contributed by atoms with Gasteiger partial charge in [-0.05, 0) is 18.6 Å². The summed E-state index contributed by atoms with van der Waals surface area (Å²) in [5, 5.41) is 1.05. The summed E-state index contributed by atoms with van der Waals surface area (Å²) in [7, 11) is 0. The topological polar surface area (TPSA) is 29.1 Å². The number of benzene rings is 1. The lowest BCUT2D eigenvalue weighted by Crippen LogP contribution is -2.86. The van der Waals surface area contributed by atoms with Crippen molar-refractivity contribution < 1.29 is 53.1 Å². The van der Waals surface area contributed by atoms with Crippen LogP contribution in [0.5, 0.6) is 0 Å². The summed E-state index contributed by atoms with van der Waals surface area (Å²) in [5.41, 5.74) is -7.45. The number of hydrogen-bond donors (Lipinski definition) is 1. The molecule has 1 saturated carbocycles. The van der Waals surface area contributed by atoms with Crippen molar-refractivity contribution in [3.8, 4) is 0 Å². The molecular formula is C14H8F11NO. The van der Waals surface area contributed by atoms with Gasteiger partial charge < -0.3 is 5.32 Å². The number of rotatable bonds is 2. The molecule has 1 fully saturated rings. The number of aryl methyl sites for hydroxylation is 1. The highest BCUT2D eigenvalue weighted by atomic mass is 19.4. The zero-order valence-electron chi connectivity index (χ0n) is 12.9. The molecule has 1 aromatic carbocycles. The van der Waals surface area contributed by atoms with E-state index in [-0.39, 0.29) is 5.56 Å². The van der Waals surface area contributed by atoms with Gasteiger partial charge in [0.1, 0.15) is 0 Å². The molecule has 0 radical (unpaired) electrons. The molecule has 1 aromatic rings. The molecule has 0 atom stereocenters. The largest absolute Gasteiger partial charge is 0.384 e. The average Bonchev–Trinajstić information content (AvgIpc) is 2.54. The lowest BCUT2D eigenvalue weighted by Gasteiger charge is -2.51. The van der Waals surface area contributed by atoms with Gasteiger partial charge in [0.25, 0.3) is 5.91 Å². The normalized spacial score (nSPS) is 26.2. The molecule has 2 rings (SSSR count). The first kappa shape index (κ1) is 21.2. The van der Waals surface area contributed by atoms with Gasteiger partial charge in [0.2, 0.25) is 0 Å². The predicted octanol–water partition coefficient (Wildman–Crippen LogP) is 4.83. The van der Waals surface area contributed by atoms with Crippen LogP contribution < -0.4 is 5.32 Å². The van der Waals surface area contributed by atoms with Crippen molar-refractivity contribution in [2.24, 2.45) is 0 Å². The SMILES string of the molecule is Cc1ccccc1NC(=O)C1(F)C(F)(F)C(F)(F)C(F)(F)C(F)(F)C1(F)F. The number of nitrogens with one attached hydrogen (secondary N) is 1. The summed E-state index contributed by atoms with van der Waals surface area (Å²) in [5.74, 6) is -39.7. The fourth-order valence-corrected chi connectivity index (χ4v) is 2.43. The molecule has 0 spiro atoms. The van der Waals surface area contributed by atoms with Crippen molar-refractivity contribution in [2.45, 2.75) is 42.2 Å². The number of amides is 1. The highest BCUT2D eigenvalue weighted by Gasteiger charge is 3.02. The van der Waals surface area contributed by atoms with Gasteiger partial charge in [-0.3, -0.25) is 4.79 Å². The third-order valence-electron chi connectivity index (χ3n) is 4.15. The second-order valence-electron chi connectivity index (χ2n) is 5.80. The van der Waals surface area contributed by atoms with E-state index in [2.05, 4.69) is 0 Å². The van der Waals surface area contributed by atoms with Gasteiger partial charge >= 0.3 is 35.3 Å². The molecule has 0 heterocycles. The molecule has 0 aromatic heterocycles. The Morgan fingerprint density at radius 1 is 0.704 bits per heavy atom. The second kappa shape index (κ2) is 5.47. The average molecular weight is 415 g/mol. The van der Waals surface area contributed by atoms with E-state index in [1.54, 1.807) is 0 Å². The standard InChI is InChI=1S/C14H8F11NO/c1-6-4-2-3-5-7(6)26-8(27)9(15)10(16,17)12(20,21)14(24,25)13(22,23)11(9,18)19/h2-5H,1H3,(H,26,27).